The topological polar surface area (TPSA) is 29.5 Å². The molecule has 0 radical (unpaired) electrons. The van der Waals surface area contributed by atoms with Gasteiger partial charge < -0.3 is 0 Å². The maximum absolute atomic E-state index is 12.4. The van der Waals surface area contributed by atoms with Gasteiger partial charge in [-0.05, 0) is 24.3 Å². The maximum atomic E-state index is 12.4. The van der Waals surface area contributed by atoms with Crippen LogP contribution in [0, 0.1) is 0 Å². The lowest BCUT2D eigenvalue weighted by molar-refractivity contribution is -0.175. The van der Waals surface area contributed by atoms with Gasteiger partial charge in [0.15, 0.2) is 0 Å². The van der Waals surface area contributed by atoms with Crippen molar-refractivity contribution in [1.29, 1.82) is 0 Å². The van der Waals surface area contributed by atoms with E-state index in [0.717, 1.165) is 25.7 Å². The molecule has 1 amide bonds. The quantitative estimate of drug-likeness (QED) is 0.759. The van der Waals surface area contributed by atoms with E-state index in [2.05, 4.69) is 6.07 Å². The first kappa shape index (κ1) is 11.6. The van der Waals surface area contributed by atoms with E-state index in [9.17, 15) is 4.79 Å². The summed E-state index contributed by atoms with van der Waals surface area (Å²) >= 11 is 1.67. The van der Waals surface area contributed by atoms with Crippen molar-refractivity contribution in [3.8, 4) is 0 Å². The van der Waals surface area contributed by atoms with Crippen LogP contribution in [-0.2, 0) is 15.0 Å². The van der Waals surface area contributed by atoms with Crippen molar-refractivity contribution in [2.75, 3.05) is 14.2 Å². The van der Waals surface area contributed by atoms with E-state index in [-0.39, 0.29) is 11.3 Å². The van der Waals surface area contributed by atoms with Crippen LogP contribution in [0.1, 0.15) is 30.6 Å². The second-order valence-corrected chi connectivity index (χ2v) is 5.20. The van der Waals surface area contributed by atoms with Crippen molar-refractivity contribution in [3.63, 3.8) is 0 Å². The predicted molar refractivity (Wildman–Crippen MR) is 64.2 cm³/mol. The van der Waals surface area contributed by atoms with E-state index in [1.807, 2.05) is 11.4 Å². The molecule has 0 N–H and O–H groups in total. The van der Waals surface area contributed by atoms with Crippen LogP contribution in [0.15, 0.2) is 17.5 Å². The van der Waals surface area contributed by atoms with Crippen LogP contribution < -0.4 is 0 Å². The van der Waals surface area contributed by atoms with Gasteiger partial charge in [0.05, 0.1) is 12.5 Å². The lowest BCUT2D eigenvalue weighted by Gasteiger charge is -2.30. The molecule has 4 heteroatoms. The number of amides is 1. The minimum Gasteiger partial charge on any atom is -0.275 e. The van der Waals surface area contributed by atoms with E-state index in [1.54, 1.807) is 18.4 Å². The summed E-state index contributed by atoms with van der Waals surface area (Å²) in [6.45, 7) is 0. The second kappa shape index (κ2) is 4.55. The molecule has 0 saturated heterocycles. The first-order valence-electron chi connectivity index (χ1n) is 5.57. The predicted octanol–water partition coefficient (Wildman–Crippen LogP) is 2.58. The molecule has 0 atom stereocenters. The zero-order valence-electron chi connectivity index (χ0n) is 9.73. The van der Waals surface area contributed by atoms with E-state index < -0.39 is 0 Å². The Morgan fingerprint density at radius 3 is 2.69 bits per heavy atom. The van der Waals surface area contributed by atoms with Crippen molar-refractivity contribution >= 4 is 17.2 Å². The molecule has 0 aromatic carbocycles. The molecule has 1 fully saturated rings. The summed E-state index contributed by atoms with van der Waals surface area (Å²) in [5, 5.41) is 3.40. The number of hydroxylamine groups is 2. The molecule has 1 saturated carbocycles. The Balaban J connectivity index is 2.33. The Labute approximate surface area is 100.0 Å². The van der Waals surface area contributed by atoms with Crippen LogP contribution in [-0.4, -0.2) is 25.1 Å². The van der Waals surface area contributed by atoms with Crippen LogP contribution in [0.4, 0.5) is 0 Å². The van der Waals surface area contributed by atoms with E-state index in [4.69, 9.17) is 4.84 Å². The van der Waals surface area contributed by atoms with Crippen molar-refractivity contribution < 1.29 is 9.63 Å². The first-order valence-corrected chi connectivity index (χ1v) is 6.45. The molecule has 88 valence electrons. The molecular formula is C12H17NO2S. The average Bonchev–Trinajstić information content (AvgIpc) is 2.97. The van der Waals surface area contributed by atoms with Crippen molar-refractivity contribution in [2.45, 2.75) is 31.1 Å². The van der Waals surface area contributed by atoms with E-state index >= 15 is 0 Å². The molecule has 3 nitrogen and oxygen atoms in total. The van der Waals surface area contributed by atoms with Gasteiger partial charge in [0.1, 0.15) is 0 Å². The lowest BCUT2D eigenvalue weighted by atomic mass is 9.83. The molecule has 1 heterocycles. The summed E-state index contributed by atoms with van der Waals surface area (Å²) in [4.78, 5) is 18.6. The van der Waals surface area contributed by atoms with Gasteiger partial charge in [0.25, 0.3) is 5.91 Å². The number of rotatable bonds is 3. The summed E-state index contributed by atoms with van der Waals surface area (Å²) in [7, 11) is 3.23. The van der Waals surface area contributed by atoms with Gasteiger partial charge in [-0.25, -0.2) is 5.06 Å². The Morgan fingerprint density at radius 1 is 1.50 bits per heavy atom. The highest BCUT2D eigenvalue weighted by Gasteiger charge is 2.45. The Morgan fingerprint density at radius 2 is 2.19 bits per heavy atom. The summed E-state index contributed by atoms with van der Waals surface area (Å²) in [6, 6.07) is 4.08. The summed E-state index contributed by atoms with van der Waals surface area (Å²) in [5.74, 6) is 0.0925. The zero-order chi connectivity index (χ0) is 11.6. The third-order valence-corrected chi connectivity index (χ3v) is 4.49. The minimum atomic E-state index is -0.321. The molecule has 1 aromatic heterocycles. The zero-order valence-corrected chi connectivity index (χ0v) is 10.5. The normalized spacial score (nSPS) is 18.6. The smallest absolute Gasteiger partial charge is 0.257 e. The fourth-order valence-corrected chi connectivity index (χ4v) is 3.46. The van der Waals surface area contributed by atoms with Crippen LogP contribution in [0.5, 0.6) is 0 Å². The molecule has 1 aliphatic rings. The fourth-order valence-electron chi connectivity index (χ4n) is 2.48. The summed E-state index contributed by atoms with van der Waals surface area (Å²) in [6.07, 6.45) is 4.14. The summed E-state index contributed by atoms with van der Waals surface area (Å²) < 4.78 is 0. The highest BCUT2D eigenvalue weighted by atomic mass is 32.1. The van der Waals surface area contributed by atoms with Crippen molar-refractivity contribution in [3.05, 3.63) is 22.4 Å². The first-order chi connectivity index (χ1) is 7.70. The van der Waals surface area contributed by atoms with Crippen LogP contribution in [0.2, 0.25) is 0 Å². The molecule has 0 bridgehead atoms. The molecule has 1 aromatic rings. The number of carbonyl (C=O) groups is 1. The number of nitrogens with zero attached hydrogens (tertiary/aromatic N) is 1. The molecule has 0 aliphatic heterocycles. The lowest BCUT2D eigenvalue weighted by Crippen LogP contribution is -2.42. The highest BCUT2D eigenvalue weighted by Crippen LogP contribution is 2.44. The molecule has 16 heavy (non-hydrogen) atoms. The Bertz CT molecular complexity index is 355. The Hall–Kier alpha value is -0.870. The van der Waals surface area contributed by atoms with Gasteiger partial charge in [-0.3, -0.25) is 9.63 Å². The fraction of sp³-hybridized carbons (Fsp3) is 0.583. The number of hydrogen-bond acceptors (Lipinski definition) is 3. The van der Waals surface area contributed by atoms with Gasteiger partial charge in [-0.2, -0.15) is 0 Å². The minimum absolute atomic E-state index is 0.0925. The number of thiophene rings is 1. The number of hydrogen-bond donors (Lipinski definition) is 0. The molecule has 1 aliphatic carbocycles. The molecule has 0 unspecified atom stereocenters. The number of likely N-dealkylation sites (N-methyl/N-ethyl adjacent to an activating group) is 1. The van der Waals surface area contributed by atoms with Crippen molar-refractivity contribution in [1.82, 2.24) is 5.06 Å². The van der Waals surface area contributed by atoms with Crippen LogP contribution in [0.3, 0.4) is 0 Å². The van der Waals surface area contributed by atoms with Crippen LogP contribution in [0.25, 0.3) is 0 Å². The SMILES string of the molecule is CON(C)C(=O)C1(c2cccs2)CCCC1. The third-order valence-electron chi connectivity index (χ3n) is 3.42. The van der Waals surface area contributed by atoms with Gasteiger partial charge in [-0.1, -0.05) is 18.9 Å². The van der Waals surface area contributed by atoms with Crippen molar-refractivity contribution in [2.24, 2.45) is 0 Å². The molecule has 2 rings (SSSR count). The molecular weight excluding hydrogens is 222 g/mol. The Kier molecular flexibility index (Phi) is 3.30. The van der Waals surface area contributed by atoms with E-state index in [1.165, 1.54) is 17.1 Å². The van der Waals surface area contributed by atoms with Crippen LogP contribution >= 0.6 is 11.3 Å². The van der Waals surface area contributed by atoms with Gasteiger partial charge in [0.2, 0.25) is 0 Å². The largest absolute Gasteiger partial charge is 0.275 e. The van der Waals surface area contributed by atoms with Gasteiger partial charge in [0, 0.05) is 11.9 Å². The number of carbonyl (C=O) groups excluding carboxylic acids is 1. The van der Waals surface area contributed by atoms with Gasteiger partial charge >= 0.3 is 0 Å². The highest BCUT2D eigenvalue weighted by molar-refractivity contribution is 7.10. The second-order valence-electron chi connectivity index (χ2n) is 4.25. The summed E-state index contributed by atoms with van der Waals surface area (Å²) in [5.41, 5.74) is -0.321. The molecule has 0 spiro atoms. The standard InChI is InChI=1S/C12H17NO2S/c1-13(15-2)11(14)12(7-3-4-8-12)10-6-5-9-16-10/h5-6,9H,3-4,7-8H2,1-2H3. The monoisotopic (exact) mass is 239 g/mol. The average molecular weight is 239 g/mol. The maximum Gasteiger partial charge on any atom is 0.257 e. The van der Waals surface area contributed by atoms with Gasteiger partial charge in [-0.15, -0.1) is 11.3 Å². The third kappa shape index (κ3) is 1.76. The van der Waals surface area contributed by atoms with E-state index in [0.29, 0.717) is 0 Å².